The largest absolute Gasteiger partial charge is 0.337 e. The fourth-order valence-electron chi connectivity index (χ4n) is 4.97. The first-order chi connectivity index (χ1) is 14.4. The van der Waals surface area contributed by atoms with Gasteiger partial charge in [-0.25, -0.2) is 0 Å². The van der Waals surface area contributed by atoms with Gasteiger partial charge < -0.3 is 9.80 Å². The lowest BCUT2D eigenvalue weighted by molar-refractivity contribution is -0.136. The first-order valence-electron chi connectivity index (χ1n) is 11.8. The summed E-state index contributed by atoms with van der Waals surface area (Å²) in [6.07, 6.45) is 4.03. The Hall–Kier alpha value is -1.58. The zero-order chi connectivity index (χ0) is 22.3. The standard InChI is InChI=1S/C24H42N4O2/c1-7-21-17-27(19(5)29)23(9-3)15-25(21)13-11-12-14-26-16-24(10-4)28(20(6)30)18-22(26)8-2/h21-24H,7-10,13-18H2,1-6H3. The molecule has 2 rings (SSSR count). The van der Waals surface area contributed by atoms with Gasteiger partial charge in [0.25, 0.3) is 0 Å². The van der Waals surface area contributed by atoms with Crippen LogP contribution in [0.4, 0.5) is 0 Å². The van der Waals surface area contributed by atoms with E-state index in [1.807, 2.05) is 9.80 Å². The van der Waals surface area contributed by atoms with Gasteiger partial charge in [-0.1, -0.05) is 39.5 Å². The van der Waals surface area contributed by atoms with Gasteiger partial charge in [-0.05, 0) is 25.7 Å². The molecule has 2 fully saturated rings. The van der Waals surface area contributed by atoms with Gasteiger partial charge in [0.15, 0.2) is 0 Å². The van der Waals surface area contributed by atoms with Gasteiger partial charge in [0, 0.05) is 64.2 Å². The first kappa shape index (κ1) is 24.7. The van der Waals surface area contributed by atoms with Crippen molar-refractivity contribution in [3.63, 3.8) is 0 Å². The van der Waals surface area contributed by atoms with E-state index in [1.165, 1.54) is 0 Å². The molecule has 2 aliphatic rings. The van der Waals surface area contributed by atoms with Crippen molar-refractivity contribution in [2.45, 2.75) is 91.4 Å². The molecule has 0 spiro atoms. The summed E-state index contributed by atoms with van der Waals surface area (Å²) in [7, 11) is 0. The maximum absolute atomic E-state index is 12.0. The van der Waals surface area contributed by atoms with Crippen molar-refractivity contribution in [2.75, 3.05) is 39.3 Å². The van der Waals surface area contributed by atoms with Crippen molar-refractivity contribution in [1.29, 1.82) is 0 Å². The van der Waals surface area contributed by atoms with E-state index in [2.05, 4.69) is 49.3 Å². The number of piperazine rings is 2. The summed E-state index contributed by atoms with van der Waals surface area (Å²) in [6.45, 7) is 17.1. The zero-order valence-electron chi connectivity index (χ0n) is 20.0. The molecule has 2 amide bonds. The lowest BCUT2D eigenvalue weighted by atomic mass is 10.0. The number of carbonyl (C=O) groups excluding carboxylic acids is 2. The minimum atomic E-state index is 0.187. The normalized spacial score (nSPS) is 28.2. The molecule has 2 heterocycles. The van der Waals surface area contributed by atoms with Crippen LogP contribution in [0.25, 0.3) is 0 Å². The van der Waals surface area contributed by atoms with E-state index in [4.69, 9.17) is 0 Å². The molecule has 0 aromatic carbocycles. The number of rotatable bonds is 6. The molecule has 6 nitrogen and oxygen atoms in total. The maximum Gasteiger partial charge on any atom is 0.219 e. The lowest BCUT2D eigenvalue weighted by Gasteiger charge is -2.45. The zero-order valence-corrected chi connectivity index (χ0v) is 20.0. The molecule has 0 radical (unpaired) electrons. The van der Waals surface area contributed by atoms with Crippen molar-refractivity contribution < 1.29 is 9.59 Å². The highest BCUT2D eigenvalue weighted by Gasteiger charge is 2.34. The van der Waals surface area contributed by atoms with E-state index in [9.17, 15) is 9.59 Å². The molecule has 0 aromatic heterocycles. The summed E-state index contributed by atoms with van der Waals surface area (Å²) in [6, 6.07) is 1.36. The molecular formula is C24H42N4O2. The monoisotopic (exact) mass is 418 g/mol. The van der Waals surface area contributed by atoms with Crippen LogP contribution in [-0.4, -0.2) is 94.8 Å². The van der Waals surface area contributed by atoms with E-state index >= 15 is 0 Å². The summed E-state index contributed by atoms with van der Waals surface area (Å²) >= 11 is 0. The van der Waals surface area contributed by atoms with Crippen LogP contribution in [-0.2, 0) is 9.59 Å². The highest BCUT2D eigenvalue weighted by atomic mass is 16.2. The second-order valence-corrected chi connectivity index (χ2v) is 8.80. The average molecular weight is 419 g/mol. The second-order valence-electron chi connectivity index (χ2n) is 8.80. The minimum absolute atomic E-state index is 0.187. The Kier molecular flexibility index (Phi) is 9.64. The number of hydrogen-bond donors (Lipinski definition) is 0. The maximum atomic E-state index is 12.0. The summed E-state index contributed by atoms with van der Waals surface area (Å²) < 4.78 is 0. The Morgan fingerprint density at radius 2 is 0.967 bits per heavy atom. The third-order valence-corrected chi connectivity index (χ3v) is 7.00. The Morgan fingerprint density at radius 1 is 0.633 bits per heavy atom. The average Bonchev–Trinajstić information content (AvgIpc) is 2.75. The van der Waals surface area contributed by atoms with E-state index < -0.39 is 0 Å². The van der Waals surface area contributed by atoms with E-state index in [-0.39, 0.29) is 11.8 Å². The highest BCUT2D eigenvalue weighted by molar-refractivity contribution is 5.74. The van der Waals surface area contributed by atoms with Crippen molar-refractivity contribution >= 4 is 11.8 Å². The Balaban J connectivity index is 1.97. The molecule has 6 heteroatoms. The molecular weight excluding hydrogens is 376 g/mol. The molecule has 170 valence electrons. The molecule has 2 aliphatic heterocycles. The van der Waals surface area contributed by atoms with Crippen LogP contribution in [0.15, 0.2) is 0 Å². The number of hydrogen-bond acceptors (Lipinski definition) is 4. The van der Waals surface area contributed by atoms with Crippen molar-refractivity contribution in [1.82, 2.24) is 19.6 Å². The van der Waals surface area contributed by atoms with Gasteiger partial charge in [-0.3, -0.25) is 19.4 Å². The lowest BCUT2D eigenvalue weighted by Crippen LogP contribution is -2.59. The SMILES string of the molecule is CCC1CN(C(C)=O)C(CC)CN1CC#CCN1CC(CC)N(C(C)=O)CC1CC. The summed E-state index contributed by atoms with van der Waals surface area (Å²) in [4.78, 5) is 33.0. The Morgan fingerprint density at radius 3 is 1.23 bits per heavy atom. The topological polar surface area (TPSA) is 47.1 Å². The number of nitrogens with zero attached hydrogens (tertiary/aromatic N) is 4. The van der Waals surface area contributed by atoms with E-state index in [0.717, 1.165) is 65.0 Å². The van der Waals surface area contributed by atoms with E-state index in [0.29, 0.717) is 24.2 Å². The molecule has 4 unspecified atom stereocenters. The molecule has 30 heavy (non-hydrogen) atoms. The summed E-state index contributed by atoms with van der Waals surface area (Å²) in [5, 5.41) is 0. The van der Waals surface area contributed by atoms with Crippen LogP contribution < -0.4 is 0 Å². The second kappa shape index (κ2) is 11.7. The van der Waals surface area contributed by atoms with Crippen LogP contribution in [0.5, 0.6) is 0 Å². The van der Waals surface area contributed by atoms with Gasteiger partial charge in [0.1, 0.15) is 0 Å². The minimum Gasteiger partial charge on any atom is -0.337 e. The van der Waals surface area contributed by atoms with Gasteiger partial charge in [-0.2, -0.15) is 0 Å². The van der Waals surface area contributed by atoms with Crippen molar-refractivity contribution in [2.24, 2.45) is 0 Å². The number of amides is 2. The molecule has 2 saturated heterocycles. The third-order valence-electron chi connectivity index (χ3n) is 7.00. The Labute approximate surface area is 183 Å². The van der Waals surface area contributed by atoms with Crippen LogP contribution in [0, 0.1) is 11.8 Å². The smallest absolute Gasteiger partial charge is 0.219 e. The van der Waals surface area contributed by atoms with Crippen molar-refractivity contribution in [3.05, 3.63) is 0 Å². The van der Waals surface area contributed by atoms with Gasteiger partial charge in [0.05, 0.1) is 13.1 Å². The molecule has 4 atom stereocenters. The van der Waals surface area contributed by atoms with Crippen LogP contribution in [0.3, 0.4) is 0 Å². The van der Waals surface area contributed by atoms with Gasteiger partial charge >= 0.3 is 0 Å². The molecule has 0 aliphatic carbocycles. The fraction of sp³-hybridized carbons (Fsp3) is 0.833. The van der Waals surface area contributed by atoms with E-state index in [1.54, 1.807) is 13.8 Å². The van der Waals surface area contributed by atoms with Crippen LogP contribution in [0.1, 0.15) is 67.2 Å². The summed E-state index contributed by atoms with van der Waals surface area (Å²) in [5.41, 5.74) is 0. The van der Waals surface area contributed by atoms with Gasteiger partial charge in [0.2, 0.25) is 11.8 Å². The predicted octanol–water partition coefficient (Wildman–Crippen LogP) is 2.43. The molecule has 0 aromatic rings. The first-order valence-corrected chi connectivity index (χ1v) is 11.8. The van der Waals surface area contributed by atoms with Gasteiger partial charge in [-0.15, -0.1) is 0 Å². The number of carbonyl (C=O) groups is 2. The highest BCUT2D eigenvalue weighted by Crippen LogP contribution is 2.21. The van der Waals surface area contributed by atoms with Crippen molar-refractivity contribution in [3.8, 4) is 11.8 Å². The van der Waals surface area contributed by atoms with Crippen LogP contribution in [0.2, 0.25) is 0 Å². The van der Waals surface area contributed by atoms with Crippen LogP contribution >= 0.6 is 0 Å². The quantitative estimate of drug-likeness (QED) is 0.622. The summed E-state index contributed by atoms with van der Waals surface area (Å²) in [5.74, 6) is 7.21. The molecule has 0 bridgehead atoms. The Bertz CT molecular complexity index is 589. The predicted molar refractivity (Wildman–Crippen MR) is 122 cm³/mol. The fourth-order valence-corrected chi connectivity index (χ4v) is 4.97. The molecule has 0 N–H and O–H groups in total. The third kappa shape index (κ3) is 5.98. The molecule has 0 saturated carbocycles.